The van der Waals surface area contributed by atoms with E-state index in [0.717, 1.165) is 12.2 Å². The van der Waals surface area contributed by atoms with Crippen molar-refractivity contribution < 1.29 is 0 Å². The van der Waals surface area contributed by atoms with E-state index in [0.29, 0.717) is 0 Å². The number of anilines is 1. The number of benzene rings is 1. The van der Waals surface area contributed by atoms with Crippen molar-refractivity contribution >= 4 is 5.69 Å². The Bertz CT molecular complexity index is 331. The van der Waals surface area contributed by atoms with Gasteiger partial charge >= 0.3 is 0 Å². The van der Waals surface area contributed by atoms with Crippen LogP contribution in [-0.4, -0.2) is 4.98 Å². The molecule has 1 aromatic heterocycles. The van der Waals surface area contributed by atoms with Gasteiger partial charge in [-0.15, -0.1) is 0 Å². The molecule has 0 aliphatic heterocycles. The topological polar surface area (TPSA) is 24.9 Å². The van der Waals surface area contributed by atoms with Crippen LogP contribution in [0.2, 0.25) is 0 Å². The normalized spacial score (nSPS) is 8.88. The van der Waals surface area contributed by atoms with Crippen molar-refractivity contribution in [3.05, 3.63) is 60.4 Å². The minimum Gasteiger partial charge on any atom is -0.380 e. The minimum atomic E-state index is 0.840. The number of rotatable bonds is 3. The van der Waals surface area contributed by atoms with Crippen LogP contribution in [0.3, 0.4) is 0 Å². The van der Waals surface area contributed by atoms with Gasteiger partial charge in [0.15, 0.2) is 0 Å². The van der Waals surface area contributed by atoms with Crippen LogP contribution >= 0.6 is 0 Å². The maximum Gasteiger partial charge on any atom is 0.0529 e. The van der Waals surface area contributed by atoms with E-state index < -0.39 is 0 Å². The molecule has 16 heavy (non-hydrogen) atoms. The third kappa shape index (κ3) is 4.13. The van der Waals surface area contributed by atoms with Crippen LogP contribution in [0.1, 0.15) is 19.4 Å². The maximum absolute atomic E-state index is 4.03. The van der Waals surface area contributed by atoms with Crippen LogP contribution in [0, 0.1) is 0 Å². The number of nitrogens with zero attached hydrogens (tertiary/aromatic N) is 1. The van der Waals surface area contributed by atoms with Crippen molar-refractivity contribution in [2.45, 2.75) is 20.4 Å². The van der Waals surface area contributed by atoms with Crippen molar-refractivity contribution in [1.82, 2.24) is 4.98 Å². The molecular formula is C14H18N2. The van der Waals surface area contributed by atoms with Gasteiger partial charge in [-0.25, -0.2) is 0 Å². The Hall–Kier alpha value is -1.83. The lowest BCUT2D eigenvalue weighted by molar-refractivity contribution is 1.14. The number of aromatic nitrogens is 1. The fourth-order valence-electron chi connectivity index (χ4n) is 1.27. The lowest BCUT2D eigenvalue weighted by atomic mass is 10.2. The average molecular weight is 214 g/mol. The van der Waals surface area contributed by atoms with Crippen molar-refractivity contribution in [3.63, 3.8) is 0 Å². The summed E-state index contributed by atoms with van der Waals surface area (Å²) in [5, 5.41) is 3.30. The highest BCUT2D eigenvalue weighted by molar-refractivity contribution is 5.40. The van der Waals surface area contributed by atoms with E-state index in [1.54, 1.807) is 6.20 Å². The first-order valence-electron chi connectivity index (χ1n) is 5.63. The van der Waals surface area contributed by atoms with E-state index in [9.17, 15) is 0 Å². The molecule has 2 nitrogen and oxygen atoms in total. The Morgan fingerprint density at radius 2 is 1.75 bits per heavy atom. The molecule has 2 heteroatoms. The van der Waals surface area contributed by atoms with E-state index in [1.165, 1.54) is 5.56 Å². The predicted octanol–water partition coefficient (Wildman–Crippen LogP) is 3.72. The molecule has 0 unspecified atom stereocenters. The van der Waals surface area contributed by atoms with E-state index in [1.807, 2.05) is 50.4 Å². The monoisotopic (exact) mass is 214 g/mol. The summed E-state index contributed by atoms with van der Waals surface area (Å²) in [6, 6.07) is 14.2. The molecule has 0 fully saturated rings. The zero-order valence-corrected chi connectivity index (χ0v) is 9.85. The molecule has 1 N–H and O–H groups in total. The zero-order valence-electron chi connectivity index (χ0n) is 9.85. The molecule has 2 rings (SSSR count). The summed E-state index contributed by atoms with van der Waals surface area (Å²) in [5.74, 6) is 0. The molecule has 0 radical (unpaired) electrons. The van der Waals surface area contributed by atoms with Crippen molar-refractivity contribution in [3.8, 4) is 0 Å². The van der Waals surface area contributed by atoms with Crippen LogP contribution in [0.4, 0.5) is 5.69 Å². The van der Waals surface area contributed by atoms with Gasteiger partial charge in [0, 0.05) is 18.9 Å². The van der Waals surface area contributed by atoms with Gasteiger partial charge in [-0.05, 0) is 17.7 Å². The molecule has 0 aliphatic carbocycles. The fraction of sp³-hybridized carbons (Fsp3) is 0.214. The van der Waals surface area contributed by atoms with Gasteiger partial charge in [0.2, 0.25) is 0 Å². The number of hydrogen-bond acceptors (Lipinski definition) is 2. The van der Waals surface area contributed by atoms with E-state index in [2.05, 4.69) is 22.4 Å². The summed E-state index contributed by atoms with van der Waals surface area (Å²) in [6.45, 7) is 4.84. The Kier molecular flexibility index (Phi) is 5.71. The third-order valence-electron chi connectivity index (χ3n) is 2.00. The van der Waals surface area contributed by atoms with Crippen molar-refractivity contribution in [1.29, 1.82) is 0 Å². The molecule has 1 aromatic carbocycles. The molecule has 0 bridgehead atoms. The second-order valence-corrected chi connectivity index (χ2v) is 3.08. The molecule has 0 atom stereocenters. The van der Waals surface area contributed by atoms with Gasteiger partial charge in [-0.2, -0.15) is 0 Å². The number of pyridine rings is 1. The molecule has 0 amide bonds. The second-order valence-electron chi connectivity index (χ2n) is 3.08. The average Bonchev–Trinajstić information content (AvgIpc) is 2.41. The van der Waals surface area contributed by atoms with Crippen LogP contribution < -0.4 is 5.32 Å². The first kappa shape index (κ1) is 12.2. The maximum atomic E-state index is 4.03. The number of hydrogen-bond donors (Lipinski definition) is 1. The first-order valence-corrected chi connectivity index (χ1v) is 5.63. The van der Waals surface area contributed by atoms with Crippen LogP contribution in [0.25, 0.3) is 0 Å². The van der Waals surface area contributed by atoms with E-state index >= 15 is 0 Å². The Labute approximate surface area is 97.4 Å². The predicted molar refractivity (Wildman–Crippen MR) is 69.4 cm³/mol. The summed E-state index contributed by atoms with van der Waals surface area (Å²) in [7, 11) is 0. The molecule has 0 spiro atoms. The summed E-state index contributed by atoms with van der Waals surface area (Å²) >= 11 is 0. The van der Waals surface area contributed by atoms with Crippen LogP contribution in [0.15, 0.2) is 54.9 Å². The highest BCUT2D eigenvalue weighted by atomic mass is 14.9. The molecule has 0 saturated heterocycles. The standard InChI is InChI=1S/C12H12N2.C2H6/c1-2-5-11(6-3-1)9-14-12-7-4-8-13-10-12;1-2/h1-8,10,14H,9H2;1-2H3. The Morgan fingerprint density at radius 1 is 1.00 bits per heavy atom. The van der Waals surface area contributed by atoms with Gasteiger partial charge in [-0.1, -0.05) is 44.2 Å². The largest absolute Gasteiger partial charge is 0.380 e. The highest BCUT2D eigenvalue weighted by Crippen LogP contribution is 2.06. The van der Waals surface area contributed by atoms with E-state index in [-0.39, 0.29) is 0 Å². The third-order valence-corrected chi connectivity index (χ3v) is 2.00. The number of nitrogens with one attached hydrogen (secondary N) is 1. The fourth-order valence-corrected chi connectivity index (χ4v) is 1.27. The molecule has 0 aliphatic rings. The quantitative estimate of drug-likeness (QED) is 0.842. The Balaban J connectivity index is 0.000000606. The molecule has 2 aromatic rings. The van der Waals surface area contributed by atoms with Crippen LogP contribution in [0.5, 0.6) is 0 Å². The molecule has 84 valence electrons. The second kappa shape index (κ2) is 7.46. The minimum absolute atomic E-state index is 0.840. The van der Waals surface area contributed by atoms with Gasteiger partial charge < -0.3 is 5.32 Å². The summed E-state index contributed by atoms with van der Waals surface area (Å²) in [6.07, 6.45) is 3.59. The SMILES string of the molecule is CC.c1ccc(CNc2cccnc2)cc1. The molecular weight excluding hydrogens is 196 g/mol. The zero-order chi connectivity index (χ0) is 11.6. The lowest BCUT2D eigenvalue weighted by Crippen LogP contribution is -1.98. The smallest absolute Gasteiger partial charge is 0.0529 e. The van der Waals surface area contributed by atoms with Crippen molar-refractivity contribution in [2.75, 3.05) is 5.32 Å². The van der Waals surface area contributed by atoms with Gasteiger partial charge in [0.05, 0.1) is 5.69 Å². The van der Waals surface area contributed by atoms with Gasteiger partial charge in [-0.3, -0.25) is 4.98 Å². The van der Waals surface area contributed by atoms with Crippen LogP contribution in [-0.2, 0) is 6.54 Å². The van der Waals surface area contributed by atoms with Crippen molar-refractivity contribution in [2.24, 2.45) is 0 Å². The van der Waals surface area contributed by atoms with E-state index in [4.69, 9.17) is 0 Å². The Morgan fingerprint density at radius 3 is 2.38 bits per heavy atom. The van der Waals surface area contributed by atoms with Gasteiger partial charge in [0.25, 0.3) is 0 Å². The summed E-state index contributed by atoms with van der Waals surface area (Å²) in [5.41, 5.74) is 2.33. The molecule has 0 saturated carbocycles. The highest BCUT2D eigenvalue weighted by Gasteiger charge is 1.91. The lowest BCUT2D eigenvalue weighted by Gasteiger charge is -2.04. The summed E-state index contributed by atoms with van der Waals surface area (Å²) < 4.78 is 0. The van der Waals surface area contributed by atoms with Gasteiger partial charge in [0.1, 0.15) is 0 Å². The summed E-state index contributed by atoms with van der Waals surface area (Å²) in [4.78, 5) is 4.03. The first-order chi connectivity index (χ1) is 7.95. The molecule has 1 heterocycles.